The Bertz CT molecular complexity index is 854. The first kappa shape index (κ1) is 21.0. The van der Waals surface area contributed by atoms with Gasteiger partial charge < -0.3 is 10.6 Å². The molecule has 2 heterocycles. The van der Waals surface area contributed by atoms with Crippen LogP contribution in [0.2, 0.25) is 0 Å². The number of unbranched alkanes of at least 4 members (excludes halogenated alkanes) is 1. The molecule has 30 heavy (non-hydrogen) atoms. The molecule has 2 aromatic rings. The molecular formula is C24H35N5O. The molecule has 4 rings (SSSR count). The molecule has 1 saturated heterocycles. The monoisotopic (exact) mass is 409 g/mol. The fourth-order valence-electron chi connectivity index (χ4n) is 5.00. The second-order valence-electron chi connectivity index (χ2n) is 9.00. The molecule has 0 bridgehead atoms. The number of anilines is 1. The summed E-state index contributed by atoms with van der Waals surface area (Å²) in [5.74, 6) is 2.78. The minimum Gasteiger partial charge on any atom is -0.383 e. The van der Waals surface area contributed by atoms with Crippen LogP contribution in [0.15, 0.2) is 24.3 Å². The van der Waals surface area contributed by atoms with Gasteiger partial charge in [0.05, 0.1) is 12.1 Å². The number of fused-ring (bicyclic) bond motifs is 1. The number of amides is 1. The van der Waals surface area contributed by atoms with Crippen LogP contribution in [0, 0.1) is 11.8 Å². The van der Waals surface area contributed by atoms with Gasteiger partial charge in [-0.2, -0.15) is 0 Å². The summed E-state index contributed by atoms with van der Waals surface area (Å²) in [5, 5.41) is 0.904. The first-order valence-electron chi connectivity index (χ1n) is 11.7. The van der Waals surface area contributed by atoms with Gasteiger partial charge in [-0.3, -0.25) is 9.69 Å². The maximum Gasteiger partial charge on any atom is 0.225 e. The van der Waals surface area contributed by atoms with E-state index >= 15 is 0 Å². The van der Waals surface area contributed by atoms with Crippen molar-refractivity contribution in [1.82, 2.24) is 19.8 Å². The second-order valence-corrected chi connectivity index (χ2v) is 9.00. The van der Waals surface area contributed by atoms with Crippen LogP contribution in [0.5, 0.6) is 0 Å². The van der Waals surface area contributed by atoms with E-state index in [0.717, 1.165) is 61.7 Å². The molecule has 1 aromatic carbocycles. The topological polar surface area (TPSA) is 75.4 Å². The molecule has 1 aliphatic carbocycles. The molecule has 0 atom stereocenters. The number of nitrogen functional groups attached to an aromatic ring is 1. The standard InChI is InChI=1S/C24H35N5O/c1-2-3-6-18-9-11-19(12-10-18)24(30)29-15-13-28(14-16-29)17-22-26-21-8-5-4-7-20(21)23(25)27-22/h4-5,7-8,18-19H,2-3,6,9-17H2,1H3,(H2,25,26,27). The average Bonchev–Trinajstić information content (AvgIpc) is 2.78. The fourth-order valence-corrected chi connectivity index (χ4v) is 5.00. The number of nitrogens with two attached hydrogens (primary N) is 1. The Morgan fingerprint density at radius 1 is 1.07 bits per heavy atom. The fraction of sp³-hybridized carbons (Fsp3) is 0.625. The van der Waals surface area contributed by atoms with Crippen LogP contribution in [0.1, 0.15) is 57.7 Å². The third-order valence-electron chi connectivity index (χ3n) is 6.89. The summed E-state index contributed by atoms with van der Waals surface area (Å²) in [6, 6.07) is 7.86. The van der Waals surface area contributed by atoms with Gasteiger partial charge in [0, 0.05) is 37.5 Å². The summed E-state index contributed by atoms with van der Waals surface area (Å²) >= 11 is 0. The zero-order chi connectivity index (χ0) is 20.9. The highest BCUT2D eigenvalue weighted by Gasteiger charge is 2.31. The van der Waals surface area contributed by atoms with E-state index in [-0.39, 0.29) is 5.92 Å². The first-order chi connectivity index (χ1) is 14.6. The molecule has 1 amide bonds. The Labute approximate surface area is 179 Å². The van der Waals surface area contributed by atoms with Gasteiger partial charge in [-0.25, -0.2) is 9.97 Å². The number of piperazine rings is 1. The van der Waals surface area contributed by atoms with Crippen molar-refractivity contribution >= 4 is 22.6 Å². The Balaban J connectivity index is 1.27. The molecule has 1 aromatic heterocycles. The summed E-state index contributed by atoms with van der Waals surface area (Å²) in [5.41, 5.74) is 7.01. The van der Waals surface area contributed by atoms with Crippen LogP contribution in [-0.2, 0) is 11.3 Å². The summed E-state index contributed by atoms with van der Waals surface area (Å²) in [7, 11) is 0. The summed E-state index contributed by atoms with van der Waals surface area (Å²) in [6.07, 6.45) is 8.58. The molecule has 6 nitrogen and oxygen atoms in total. The zero-order valence-corrected chi connectivity index (χ0v) is 18.2. The third kappa shape index (κ3) is 4.91. The van der Waals surface area contributed by atoms with Crippen LogP contribution >= 0.6 is 0 Å². The Kier molecular flexibility index (Phi) is 6.82. The van der Waals surface area contributed by atoms with E-state index in [1.807, 2.05) is 24.3 Å². The van der Waals surface area contributed by atoms with Gasteiger partial charge in [0.2, 0.25) is 5.91 Å². The molecule has 162 valence electrons. The van der Waals surface area contributed by atoms with E-state index in [1.54, 1.807) is 0 Å². The maximum absolute atomic E-state index is 13.0. The molecule has 6 heteroatoms. The van der Waals surface area contributed by atoms with Crippen molar-refractivity contribution in [3.63, 3.8) is 0 Å². The quantitative estimate of drug-likeness (QED) is 0.784. The molecule has 0 unspecified atom stereocenters. The SMILES string of the molecule is CCCCC1CCC(C(=O)N2CCN(Cc3nc(N)c4ccccc4n3)CC2)CC1. The highest BCUT2D eigenvalue weighted by Crippen LogP contribution is 2.33. The lowest BCUT2D eigenvalue weighted by molar-refractivity contribution is -0.138. The zero-order valence-electron chi connectivity index (χ0n) is 18.2. The first-order valence-corrected chi connectivity index (χ1v) is 11.7. The normalized spacial score (nSPS) is 23.0. The largest absolute Gasteiger partial charge is 0.383 e. The van der Waals surface area contributed by atoms with E-state index in [1.165, 1.54) is 32.1 Å². The van der Waals surface area contributed by atoms with Crippen LogP contribution in [-0.4, -0.2) is 51.9 Å². The number of rotatable bonds is 6. The molecule has 2 N–H and O–H groups in total. The van der Waals surface area contributed by atoms with Crippen LogP contribution in [0.4, 0.5) is 5.82 Å². The Hall–Kier alpha value is -2.21. The van der Waals surface area contributed by atoms with Gasteiger partial charge in [0.25, 0.3) is 0 Å². The molecule has 1 aliphatic heterocycles. The van der Waals surface area contributed by atoms with Gasteiger partial charge in [-0.05, 0) is 43.7 Å². The van der Waals surface area contributed by atoms with E-state index in [0.29, 0.717) is 18.3 Å². The van der Waals surface area contributed by atoms with Crippen LogP contribution in [0.3, 0.4) is 0 Å². The van der Waals surface area contributed by atoms with Crippen LogP contribution < -0.4 is 5.73 Å². The maximum atomic E-state index is 13.0. The molecular weight excluding hydrogens is 374 g/mol. The van der Waals surface area contributed by atoms with Gasteiger partial charge in [-0.1, -0.05) is 38.3 Å². The van der Waals surface area contributed by atoms with Gasteiger partial charge >= 0.3 is 0 Å². The number of hydrogen-bond acceptors (Lipinski definition) is 5. The number of benzene rings is 1. The van der Waals surface area contributed by atoms with Crippen molar-refractivity contribution < 1.29 is 4.79 Å². The number of carbonyl (C=O) groups excluding carboxylic acids is 1. The van der Waals surface area contributed by atoms with Crippen molar-refractivity contribution in [3.8, 4) is 0 Å². The number of aromatic nitrogens is 2. The Morgan fingerprint density at radius 2 is 1.80 bits per heavy atom. The lowest BCUT2D eigenvalue weighted by Gasteiger charge is -2.37. The van der Waals surface area contributed by atoms with Crippen molar-refractivity contribution in [2.75, 3.05) is 31.9 Å². The summed E-state index contributed by atoms with van der Waals surface area (Å²) < 4.78 is 0. The number of nitrogens with zero attached hydrogens (tertiary/aromatic N) is 4. The van der Waals surface area contributed by atoms with Crippen molar-refractivity contribution in [2.45, 2.75) is 58.4 Å². The molecule has 0 spiro atoms. The minimum atomic E-state index is 0.248. The molecule has 1 saturated carbocycles. The highest BCUT2D eigenvalue weighted by molar-refractivity contribution is 5.87. The predicted octanol–water partition coefficient (Wildman–Crippen LogP) is 3.85. The minimum absolute atomic E-state index is 0.248. The van der Waals surface area contributed by atoms with E-state index in [2.05, 4.69) is 26.7 Å². The molecule has 2 fully saturated rings. The summed E-state index contributed by atoms with van der Waals surface area (Å²) in [6.45, 7) is 6.28. The lowest BCUT2D eigenvalue weighted by Crippen LogP contribution is -2.50. The van der Waals surface area contributed by atoms with Gasteiger partial charge in [0.1, 0.15) is 11.6 Å². The van der Waals surface area contributed by atoms with Gasteiger partial charge in [-0.15, -0.1) is 0 Å². The number of para-hydroxylation sites is 1. The van der Waals surface area contributed by atoms with E-state index in [9.17, 15) is 4.79 Å². The van der Waals surface area contributed by atoms with Crippen LogP contribution in [0.25, 0.3) is 10.9 Å². The van der Waals surface area contributed by atoms with E-state index in [4.69, 9.17) is 5.73 Å². The van der Waals surface area contributed by atoms with Crippen molar-refractivity contribution in [1.29, 1.82) is 0 Å². The summed E-state index contributed by atoms with van der Waals surface area (Å²) in [4.78, 5) is 26.6. The average molecular weight is 410 g/mol. The highest BCUT2D eigenvalue weighted by atomic mass is 16.2. The second kappa shape index (κ2) is 9.73. The predicted molar refractivity (Wildman–Crippen MR) is 121 cm³/mol. The van der Waals surface area contributed by atoms with Crippen molar-refractivity contribution in [3.05, 3.63) is 30.1 Å². The third-order valence-corrected chi connectivity index (χ3v) is 6.89. The van der Waals surface area contributed by atoms with Crippen molar-refractivity contribution in [2.24, 2.45) is 11.8 Å². The molecule has 2 aliphatic rings. The van der Waals surface area contributed by atoms with E-state index < -0.39 is 0 Å². The Morgan fingerprint density at radius 3 is 2.53 bits per heavy atom. The molecule has 0 radical (unpaired) electrons. The number of carbonyl (C=O) groups is 1. The smallest absolute Gasteiger partial charge is 0.225 e. The number of hydrogen-bond donors (Lipinski definition) is 1. The lowest BCUT2D eigenvalue weighted by atomic mass is 9.79. The van der Waals surface area contributed by atoms with Gasteiger partial charge in [0.15, 0.2) is 0 Å².